The number of fused-ring (bicyclic) bond motifs is 8. The molecule has 0 fully saturated rings. The van der Waals surface area contributed by atoms with E-state index < -0.39 is 60.1 Å². The van der Waals surface area contributed by atoms with Crippen molar-refractivity contribution in [3.63, 3.8) is 0 Å². The van der Waals surface area contributed by atoms with Crippen LogP contribution in [0.25, 0.3) is 90.9 Å². The summed E-state index contributed by atoms with van der Waals surface area (Å²) < 4.78 is 143. The molecule has 5 heterocycles. The topological polar surface area (TPSA) is 283 Å². The van der Waals surface area contributed by atoms with Gasteiger partial charge in [-0.05, 0) is 117 Å². The summed E-state index contributed by atoms with van der Waals surface area (Å²) in [7, 11) is -19.3. The van der Waals surface area contributed by atoms with Crippen molar-refractivity contribution in [2.24, 2.45) is 0 Å². The van der Waals surface area contributed by atoms with Crippen LogP contribution in [0.3, 0.4) is 0 Å². The van der Waals surface area contributed by atoms with E-state index in [1.54, 1.807) is 48.6 Å². The Bertz CT molecular complexity index is 3330. The van der Waals surface area contributed by atoms with E-state index in [0.717, 1.165) is 48.5 Å². The second kappa shape index (κ2) is 22.8. The largest absolute Gasteiger partial charge is 2.00 e. The normalized spacial score (nSPS) is 12.1. The Morgan fingerprint density at radius 2 is 0.478 bits per heavy atom. The SMILES string of the molecule is O=S(=O)([O-])c1ccc(-c2c3nc(c(-c4ccc(S(=O)(=O)[O-])cc4)c4ccc([n-]4)c(-c4ccc(S(=O)(=O)[O-])cc4)c4nc(c(-c5ccc(S(=O)(=O)[O-])cc5)c5ccc2[n-]5)C=C4)C=C3)cc1.[Na+].[Na+].[Na+].[Na+].[Ni+2]. The summed E-state index contributed by atoms with van der Waals surface area (Å²) >= 11 is 0. The molecule has 330 valence electrons. The van der Waals surface area contributed by atoms with Crippen molar-refractivity contribution in [1.29, 1.82) is 0 Å². The molecule has 9 rings (SSSR count). The third-order valence-electron chi connectivity index (χ3n) is 10.3. The quantitative estimate of drug-likeness (QED) is 0.101. The molecule has 2 aliphatic rings. The molecule has 0 aliphatic carbocycles. The van der Waals surface area contributed by atoms with Gasteiger partial charge in [-0.1, -0.05) is 72.8 Å². The maximum Gasteiger partial charge on any atom is 2.00 e. The molecule has 0 atom stereocenters. The van der Waals surface area contributed by atoms with E-state index in [4.69, 9.17) is 19.9 Å². The third kappa shape index (κ3) is 12.5. The molecule has 2 aliphatic heterocycles. The van der Waals surface area contributed by atoms with Crippen molar-refractivity contribution in [3.8, 4) is 44.5 Å². The molecule has 8 bridgehead atoms. The van der Waals surface area contributed by atoms with E-state index in [1.165, 1.54) is 48.5 Å². The molecule has 0 saturated heterocycles. The minimum atomic E-state index is -4.82. The fourth-order valence-electron chi connectivity index (χ4n) is 7.42. The number of nitrogens with zero attached hydrogens (tertiary/aromatic N) is 4. The number of hydrogen-bond donors (Lipinski definition) is 0. The van der Waals surface area contributed by atoms with Crippen molar-refractivity contribution in [2.45, 2.75) is 19.6 Å². The van der Waals surface area contributed by atoms with Gasteiger partial charge < -0.3 is 28.2 Å². The van der Waals surface area contributed by atoms with Gasteiger partial charge in [0.05, 0.1) is 42.4 Å². The van der Waals surface area contributed by atoms with Crippen LogP contribution >= 0.6 is 0 Å². The fourth-order valence-corrected chi connectivity index (χ4v) is 9.30. The van der Waals surface area contributed by atoms with Crippen LogP contribution in [0.2, 0.25) is 0 Å². The van der Waals surface area contributed by atoms with Crippen molar-refractivity contribution in [2.75, 3.05) is 0 Å². The van der Waals surface area contributed by atoms with E-state index >= 15 is 0 Å². The molecule has 16 nitrogen and oxygen atoms in total. The average Bonchev–Trinajstić information content (AvgIpc) is 4.08. The molecule has 4 aromatic carbocycles. The van der Waals surface area contributed by atoms with E-state index in [9.17, 15) is 51.9 Å². The van der Waals surface area contributed by atoms with Crippen molar-refractivity contribution in [1.82, 2.24) is 19.9 Å². The van der Waals surface area contributed by atoms with Gasteiger partial charge in [0.2, 0.25) is 0 Å². The van der Waals surface area contributed by atoms with Crippen molar-refractivity contribution >= 4 is 86.8 Å². The monoisotopic (exact) mass is 1080 g/mol. The van der Waals surface area contributed by atoms with Gasteiger partial charge in [0.25, 0.3) is 0 Å². The summed E-state index contributed by atoms with van der Waals surface area (Å²) in [5.41, 5.74) is 5.63. The zero-order valence-corrected chi connectivity index (χ0v) is 48.7. The van der Waals surface area contributed by atoms with Gasteiger partial charge in [0, 0.05) is 0 Å². The fraction of sp³-hybridized carbons (Fsp3) is 0. The summed E-state index contributed by atoms with van der Waals surface area (Å²) in [5.74, 6) is 0. The van der Waals surface area contributed by atoms with Gasteiger partial charge in [-0.25, -0.2) is 43.6 Å². The summed E-state index contributed by atoms with van der Waals surface area (Å²) in [6.07, 6.45) is 6.65. The zero-order valence-electron chi connectivity index (χ0n) is 36.5. The smallest absolute Gasteiger partial charge is 0.744 e. The molecule has 3 aromatic heterocycles. The Balaban J connectivity index is 0.00000207. The molecule has 7 aromatic rings. The van der Waals surface area contributed by atoms with Crippen LogP contribution < -0.4 is 128 Å². The van der Waals surface area contributed by atoms with E-state index in [0.29, 0.717) is 89.4 Å². The van der Waals surface area contributed by atoms with Crippen LogP contribution in [-0.4, -0.2) is 61.9 Å². The second-order valence-electron chi connectivity index (χ2n) is 14.3. The van der Waals surface area contributed by atoms with Gasteiger partial charge in [0.1, 0.15) is 40.5 Å². The molecule has 0 amide bonds. The first-order valence-corrected chi connectivity index (χ1v) is 24.2. The number of hydrogen-bond acceptors (Lipinski definition) is 14. The number of benzene rings is 4. The molecule has 0 radical (unpaired) electrons. The minimum absolute atomic E-state index is 0. The Kier molecular flexibility index (Phi) is 19.6. The van der Waals surface area contributed by atoms with Gasteiger partial charge in [0.15, 0.2) is 0 Å². The second-order valence-corrected chi connectivity index (χ2v) is 19.8. The molecule has 0 spiro atoms. The van der Waals surface area contributed by atoms with E-state index in [1.807, 2.05) is 0 Å². The summed E-state index contributed by atoms with van der Waals surface area (Å²) in [5, 5.41) is 0. The van der Waals surface area contributed by atoms with Gasteiger partial charge in [-0.15, -0.1) is 22.1 Å². The molecular formula is C44H24N4Na4NiO12S4. The summed E-state index contributed by atoms with van der Waals surface area (Å²) in [4.78, 5) is 18.0. The van der Waals surface area contributed by atoms with Crippen LogP contribution in [-0.2, 0) is 57.0 Å². The number of aromatic nitrogens is 4. The molecular weight excluding hydrogens is 1060 g/mol. The first-order chi connectivity index (χ1) is 30.2. The Morgan fingerprint density at radius 3 is 0.638 bits per heavy atom. The Morgan fingerprint density at radius 1 is 0.304 bits per heavy atom. The molecule has 25 heteroatoms. The third-order valence-corrected chi connectivity index (χ3v) is 13.7. The predicted octanol–water partition coefficient (Wildman–Crippen LogP) is -5.79. The van der Waals surface area contributed by atoms with Crippen LogP contribution in [0.1, 0.15) is 22.8 Å². The Hall–Kier alpha value is -2.39. The first-order valence-electron chi connectivity index (χ1n) is 18.5. The molecule has 0 saturated carbocycles. The molecule has 0 N–H and O–H groups in total. The minimum Gasteiger partial charge on any atom is -0.744 e. The zero-order chi connectivity index (χ0) is 45.3. The first kappa shape index (κ1) is 59.2. The molecule has 69 heavy (non-hydrogen) atoms. The summed E-state index contributed by atoms with van der Waals surface area (Å²) in [6, 6.07) is 27.2. The number of rotatable bonds is 8. The molecule has 0 unspecified atom stereocenters. The van der Waals surface area contributed by atoms with Crippen LogP contribution in [0, 0.1) is 0 Å². The maximum atomic E-state index is 11.9. The van der Waals surface area contributed by atoms with Gasteiger partial charge >= 0.3 is 135 Å². The predicted molar refractivity (Wildman–Crippen MR) is 230 cm³/mol. The van der Waals surface area contributed by atoms with E-state index in [-0.39, 0.29) is 135 Å². The van der Waals surface area contributed by atoms with E-state index in [2.05, 4.69) is 0 Å². The van der Waals surface area contributed by atoms with Crippen LogP contribution in [0.4, 0.5) is 0 Å². The Labute approximate surface area is 494 Å². The summed E-state index contributed by atoms with van der Waals surface area (Å²) in [6.45, 7) is 0. The van der Waals surface area contributed by atoms with Gasteiger partial charge in [-0.3, -0.25) is 0 Å². The standard InChI is InChI=1S/C44H28N4O12S4.4Na.Ni/c49-61(50,51)29-9-1-25(2-10-29)41-33-17-19-35(45-33)42(26-3-11-30(12-4-26)62(52,53)54)37-21-23-39(47-37)44(28-7-15-32(16-8-28)64(58,59)60)40-24-22-38(48-40)43(36-20-18-34(41)46-36)27-5-13-31(14-6-27)63(55,56)57;;;;;/h1-24H,(H,49,50,51)(H,52,53,54)(H,55,56,57)(H,58,59,60);;;;;/q-2;4*+1;+2/p-4. The van der Waals surface area contributed by atoms with Crippen LogP contribution in [0.15, 0.2) is 141 Å². The van der Waals surface area contributed by atoms with Crippen molar-refractivity contribution < 1.29 is 187 Å². The maximum absolute atomic E-state index is 11.9. The average molecular weight is 1080 g/mol. The van der Waals surface area contributed by atoms with Gasteiger partial charge in [-0.2, -0.15) is 0 Å². The van der Waals surface area contributed by atoms with Crippen molar-refractivity contribution in [3.05, 3.63) is 144 Å². The van der Waals surface area contributed by atoms with Crippen LogP contribution in [0.5, 0.6) is 0 Å².